The lowest BCUT2D eigenvalue weighted by Crippen LogP contribution is -2.14. The van der Waals surface area contributed by atoms with Crippen LogP contribution in [0.2, 0.25) is 0 Å². The Hall–Kier alpha value is -2.95. The molecule has 0 radical (unpaired) electrons. The second-order valence-corrected chi connectivity index (χ2v) is 4.87. The van der Waals surface area contributed by atoms with Crippen LogP contribution in [-0.2, 0) is 11.2 Å². The number of hydrogen-bond donors (Lipinski definition) is 1. The summed E-state index contributed by atoms with van der Waals surface area (Å²) in [5, 5.41) is 2.82. The van der Waals surface area contributed by atoms with Gasteiger partial charge in [-0.2, -0.15) is 0 Å². The van der Waals surface area contributed by atoms with Crippen molar-refractivity contribution in [2.45, 2.75) is 6.42 Å². The molecule has 0 spiro atoms. The monoisotopic (exact) mass is 295 g/mol. The normalized spacial score (nSPS) is 10.4. The predicted molar refractivity (Wildman–Crippen MR) is 82.3 cm³/mol. The van der Waals surface area contributed by atoms with E-state index >= 15 is 0 Å². The van der Waals surface area contributed by atoms with Crippen LogP contribution in [-0.4, -0.2) is 15.5 Å². The highest BCUT2D eigenvalue weighted by atomic mass is 19.1. The molecule has 0 saturated carbocycles. The summed E-state index contributed by atoms with van der Waals surface area (Å²) in [6, 6.07) is 13.4. The van der Waals surface area contributed by atoms with Crippen molar-refractivity contribution in [3.63, 3.8) is 0 Å². The maximum Gasteiger partial charge on any atom is 0.228 e. The molecule has 1 aromatic heterocycles. The quantitative estimate of drug-likeness (QED) is 0.803. The van der Waals surface area contributed by atoms with Crippen LogP contribution in [0.3, 0.4) is 0 Å². The van der Waals surface area contributed by atoms with Crippen LogP contribution >= 0.6 is 0 Å². The fourth-order valence-corrected chi connectivity index (χ4v) is 2.12. The summed E-state index contributed by atoms with van der Waals surface area (Å²) in [6.45, 7) is 0. The molecule has 0 aliphatic carbocycles. The molecule has 110 valence electrons. The van der Waals surface area contributed by atoms with Crippen molar-refractivity contribution in [2.75, 3.05) is 5.32 Å². The minimum Gasteiger partial charge on any atom is -0.326 e. The Kier molecular flexibility index (Phi) is 3.96. The zero-order valence-electron chi connectivity index (χ0n) is 11.7. The van der Waals surface area contributed by atoms with E-state index < -0.39 is 0 Å². The number of nitrogens with one attached hydrogen (secondary N) is 1. The van der Waals surface area contributed by atoms with Gasteiger partial charge in [0.2, 0.25) is 5.91 Å². The first-order valence-corrected chi connectivity index (χ1v) is 6.83. The summed E-state index contributed by atoms with van der Waals surface area (Å²) in [6.07, 6.45) is 5.48. The van der Waals surface area contributed by atoms with E-state index in [9.17, 15) is 9.18 Å². The van der Waals surface area contributed by atoms with Gasteiger partial charge in [-0.25, -0.2) is 9.37 Å². The van der Waals surface area contributed by atoms with Gasteiger partial charge in [-0.05, 0) is 42.0 Å². The minimum absolute atomic E-state index is 0.137. The third-order valence-electron chi connectivity index (χ3n) is 3.23. The molecule has 1 heterocycles. The predicted octanol–water partition coefficient (Wildman–Crippen LogP) is 3.19. The van der Waals surface area contributed by atoms with E-state index in [0.29, 0.717) is 0 Å². The Labute approximate surface area is 127 Å². The van der Waals surface area contributed by atoms with Gasteiger partial charge in [-0.3, -0.25) is 4.79 Å². The number of rotatable bonds is 4. The van der Waals surface area contributed by atoms with E-state index in [1.807, 2.05) is 35.0 Å². The van der Waals surface area contributed by atoms with Gasteiger partial charge in [0.05, 0.1) is 12.7 Å². The lowest BCUT2D eigenvalue weighted by Gasteiger charge is -2.07. The summed E-state index contributed by atoms with van der Waals surface area (Å²) < 4.78 is 14.7. The van der Waals surface area contributed by atoms with Gasteiger partial charge in [0.25, 0.3) is 0 Å². The van der Waals surface area contributed by atoms with Gasteiger partial charge < -0.3 is 9.88 Å². The molecule has 0 fully saturated rings. The van der Waals surface area contributed by atoms with Crippen LogP contribution in [0, 0.1) is 5.82 Å². The SMILES string of the molecule is O=C(Cc1ccc(F)cc1)Nc1ccc(-n2ccnc2)cc1. The summed E-state index contributed by atoms with van der Waals surface area (Å²) in [7, 11) is 0. The van der Waals surface area contributed by atoms with E-state index in [0.717, 1.165) is 16.9 Å². The van der Waals surface area contributed by atoms with Crippen molar-refractivity contribution >= 4 is 11.6 Å². The number of aromatic nitrogens is 2. The van der Waals surface area contributed by atoms with E-state index in [1.165, 1.54) is 12.1 Å². The van der Waals surface area contributed by atoms with Crippen LogP contribution in [0.25, 0.3) is 5.69 Å². The van der Waals surface area contributed by atoms with E-state index in [2.05, 4.69) is 10.3 Å². The van der Waals surface area contributed by atoms with Gasteiger partial charge in [0.1, 0.15) is 5.82 Å². The number of halogens is 1. The molecule has 0 aliphatic rings. The average Bonchev–Trinajstić information content (AvgIpc) is 3.05. The number of amides is 1. The zero-order chi connectivity index (χ0) is 15.4. The largest absolute Gasteiger partial charge is 0.326 e. The van der Waals surface area contributed by atoms with E-state index in [-0.39, 0.29) is 18.1 Å². The maximum atomic E-state index is 12.8. The Bertz CT molecular complexity index is 750. The molecule has 1 amide bonds. The number of carbonyl (C=O) groups is 1. The fraction of sp³-hybridized carbons (Fsp3) is 0.0588. The molecule has 0 atom stereocenters. The van der Waals surface area contributed by atoms with Crippen LogP contribution in [0.4, 0.5) is 10.1 Å². The van der Waals surface area contributed by atoms with Crippen LogP contribution in [0.5, 0.6) is 0 Å². The number of imidazole rings is 1. The minimum atomic E-state index is -0.306. The highest BCUT2D eigenvalue weighted by Crippen LogP contribution is 2.13. The third-order valence-corrected chi connectivity index (χ3v) is 3.23. The molecule has 1 N–H and O–H groups in total. The smallest absolute Gasteiger partial charge is 0.228 e. The molecule has 0 saturated heterocycles. The third kappa shape index (κ3) is 3.38. The summed E-state index contributed by atoms with van der Waals surface area (Å²) in [4.78, 5) is 15.9. The average molecular weight is 295 g/mol. The van der Waals surface area contributed by atoms with E-state index in [4.69, 9.17) is 0 Å². The Morgan fingerprint density at radius 1 is 1.09 bits per heavy atom. The molecule has 4 nitrogen and oxygen atoms in total. The number of hydrogen-bond acceptors (Lipinski definition) is 2. The second kappa shape index (κ2) is 6.22. The van der Waals surface area contributed by atoms with Crippen molar-refractivity contribution < 1.29 is 9.18 Å². The maximum absolute atomic E-state index is 12.8. The van der Waals surface area contributed by atoms with E-state index in [1.54, 1.807) is 24.7 Å². The van der Waals surface area contributed by atoms with Crippen molar-refractivity contribution in [1.29, 1.82) is 0 Å². The molecule has 0 aliphatic heterocycles. The van der Waals surface area contributed by atoms with Crippen LogP contribution < -0.4 is 5.32 Å². The van der Waals surface area contributed by atoms with Crippen molar-refractivity contribution in [1.82, 2.24) is 9.55 Å². The molecule has 5 heteroatoms. The molecule has 3 rings (SSSR count). The van der Waals surface area contributed by atoms with Gasteiger partial charge in [-0.15, -0.1) is 0 Å². The van der Waals surface area contributed by atoms with Gasteiger partial charge in [-0.1, -0.05) is 12.1 Å². The number of carbonyl (C=O) groups excluding carboxylic acids is 1. The fourth-order valence-electron chi connectivity index (χ4n) is 2.12. The van der Waals surface area contributed by atoms with Crippen molar-refractivity contribution in [2.24, 2.45) is 0 Å². The highest BCUT2D eigenvalue weighted by Gasteiger charge is 2.05. The van der Waals surface area contributed by atoms with Crippen LogP contribution in [0.15, 0.2) is 67.3 Å². The van der Waals surface area contributed by atoms with Crippen LogP contribution in [0.1, 0.15) is 5.56 Å². The van der Waals surface area contributed by atoms with Crippen molar-refractivity contribution in [3.05, 3.63) is 78.6 Å². The molecular weight excluding hydrogens is 281 g/mol. The van der Waals surface area contributed by atoms with Crippen molar-refractivity contribution in [3.8, 4) is 5.69 Å². The lowest BCUT2D eigenvalue weighted by molar-refractivity contribution is -0.115. The first-order valence-electron chi connectivity index (χ1n) is 6.83. The molecule has 22 heavy (non-hydrogen) atoms. The Morgan fingerprint density at radius 3 is 2.45 bits per heavy atom. The summed E-state index contributed by atoms with van der Waals surface area (Å²) in [5.41, 5.74) is 2.46. The Balaban J connectivity index is 1.63. The number of anilines is 1. The standard InChI is InChI=1S/C17H14FN3O/c18-14-3-1-13(2-4-14)11-17(22)20-15-5-7-16(8-6-15)21-10-9-19-12-21/h1-10,12H,11H2,(H,20,22). The first-order chi connectivity index (χ1) is 10.7. The van der Waals surface area contributed by atoms with Gasteiger partial charge in [0, 0.05) is 23.8 Å². The molecule has 3 aromatic rings. The lowest BCUT2D eigenvalue weighted by atomic mass is 10.1. The summed E-state index contributed by atoms with van der Waals surface area (Å²) >= 11 is 0. The molecule has 0 unspecified atom stereocenters. The van der Waals surface area contributed by atoms with Gasteiger partial charge >= 0.3 is 0 Å². The molecule has 0 bridgehead atoms. The van der Waals surface area contributed by atoms with Gasteiger partial charge in [0.15, 0.2) is 0 Å². The number of nitrogens with zero attached hydrogens (tertiary/aromatic N) is 2. The zero-order valence-corrected chi connectivity index (χ0v) is 11.7. The second-order valence-electron chi connectivity index (χ2n) is 4.87. The summed E-state index contributed by atoms with van der Waals surface area (Å²) in [5.74, 6) is -0.443. The topological polar surface area (TPSA) is 46.9 Å². The Morgan fingerprint density at radius 2 is 1.82 bits per heavy atom. The molecular formula is C17H14FN3O. The first kappa shape index (κ1) is 14.0. The number of benzene rings is 2. The molecule has 2 aromatic carbocycles. The highest BCUT2D eigenvalue weighted by molar-refractivity contribution is 5.92.